The van der Waals surface area contributed by atoms with Gasteiger partial charge >= 0.3 is 0 Å². The van der Waals surface area contributed by atoms with Gasteiger partial charge in [-0.05, 0) is 38.7 Å². The first-order valence-electron chi connectivity index (χ1n) is 5.75. The molecule has 16 heavy (non-hydrogen) atoms. The van der Waals surface area contributed by atoms with Crippen molar-refractivity contribution in [1.82, 2.24) is 0 Å². The summed E-state index contributed by atoms with van der Waals surface area (Å²) in [7, 11) is 0. The molecule has 2 rings (SSSR count). The maximum Gasteiger partial charge on any atom is 0.137 e. The molecule has 1 unspecified atom stereocenters. The molecular formula is C13H17NOS. The van der Waals surface area contributed by atoms with Crippen molar-refractivity contribution in [1.29, 1.82) is 0 Å². The molecule has 1 aliphatic rings. The van der Waals surface area contributed by atoms with Crippen LogP contribution in [-0.2, 0) is 17.8 Å². The van der Waals surface area contributed by atoms with Crippen LogP contribution in [0, 0.1) is 0 Å². The highest BCUT2D eigenvalue weighted by molar-refractivity contribution is 7.90. The average molecular weight is 235 g/mol. The molecule has 3 heteroatoms. The lowest BCUT2D eigenvalue weighted by atomic mass is 9.90. The molecule has 0 aliphatic heterocycles. The van der Waals surface area contributed by atoms with E-state index in [0.29, 0.717) is 0 Å². The van der Waals surface area contributed by atoms with E-state index in [0.717, 1.165) is 25.0 Å². The number of hydrogen-bond acceptors (Lipinski definition) is 2. The zero-order chi connectivity index (χ0) is 11.5. The Hall–Kier alpha value is -0.800. The largest absolute Gasteiger partial charge is 0.591 e. The molecule has 1 atom stereocenters. The lowest BCUT2D eigenvalue weighted by molar-refractivity contribution is 0.588. The van der Waals surface area contributed by atoms with E-state index in [1.165, 1.54) is 11.1 Å². The predicted octanol–water partition coefficient (Wildman–Crippen LogP) is 2.88. The van der Waals surface area contributed by atoms with Gasteiger partial charge in [-0.3, -0.25) is 0 Å². The highest BCUT2D eigenvalue weighted by atomic mass is 32.2. The van der Waals surface area contributed by atoms with E-state index >= 15 is 0 Å². The third-order valence-corrected chi connectivity index (χ3v) is 4.00. The summed E-state index contributed by atoms with van der Waals surface area (Å²) >= 11 is -1.09. The van der Waals surface area contributed by atoms with Gasteiger partial charge in [-0.2, -0.15) is 0 Å². The summed E-state index contributed by atoms with van der Waals surface area (Å²) in [4.78, 5) is 0. The van der Waals surface area contributed by atoms with Crippen LogP contribution >= 0.6 is 0 Å². The second kappa shape index (κ2) is 5.02. The zero-order valence-electron chi connectivity index (χ0n) is 9.77. The van der Waals surface area contributed by atoms with Crippen molar-refractivity contribution in [3.63, 3.8) is 0 Å². The molecule has 1 aromatic rings. The Bertz CT molecular complexity index is 401. The molecule has 1 aromatic carbocycles. The van der Waals surface area contributed by atoms with Crippen molar-refractivity contribution >= 4 is 17.1 Å². The van der Waals surface area contributed by atoms with Crippen LogP contribution in [0.1, 0.15) is 37.8 Å². The third kappa shape index (κ3) is 2.47. The molecule has 1 aliphatic carbocycles. The number of benzene rings is 1. The van der Waals surface area contributed by atoms with E-state index in [-0.39, 0.29) is 5.25 Å². The van der Waals surface area contributed by atoms with Crippen LogP contribution in [0.2, 0.25) is 0 Å². The van der Waals surface area contributed by atoms with Crippen molar-refractivity contribution in [3.8, 4) is 0 Å². The highest BCUT2D eigenvalue weighted by Crippen LogP contribution is 2.22. The minimum atomic E-state index is -1.09. The molecule has 0 N–H and O–H groups in total. The van der Waals surface area contributed by atoms with Gasteiger partial charge in [-0.1, -0.05) is 28.7 Å². The second-order valence-electron chi connectivity index (χ2n) is 4.37. The minimum absolute atomic E-state index is 0.0987. The monoisotopic (exact) mass is 235 g/mol. The van der Waals surface area contributed by atoms with E-state index in [9.17, 15) is 4.55 Å². The van der Waals surface area contributed by atoms with Crippen molar-refractivity contribution in [2.24, 2.45) is 4.40 Å². The molecular weight excluding hydrogens is 218 g/mol. The number of aryl methyl sites for hydroxylation is 1. The zero-order valence-corrected chi connectivity index (χ0v) is 10.6. The summed E-state index contributed by atoms with van der Waals surface area (Å²) in [6.45, 7) is 3.88. The molecule has 0 fully saturated rings. The Morgan fingerprint density at radius 2 is 2.00 bits per heavy atom. The van der Waals surface area contributed by atoms with Crippen LogP contribution in [0.25, 0.3) is 0 Å². The molecule has 0 bridgehead atoms. The fourth-order valence-electron chi connectivity index (χ4n) is 1.91. The fraction of sp³-hybridized carbons (Fsp3) is 0.462. The lowest BCUT2D eigenvalue weighted by Gasteiger charge is -2.17. The molecule has 0 spiro atoms. The van der Waals surface area contributed by atoms with Crippen molar-refractivity contribution in [3.05, 3.63) is 35.4 Å². The molecule has 0 saturated heterocycles. The highest BCUT2D eigenvalue weighted by Gasteiger charge is 2.19. The molecule has 2 nitrogen and oxygen atoms in total. The van der Waals surface area contributed by atoms with Crippen molar-refractivity contribution < 1.29 is 4.55 Å². The summed E-state index contributed by atoms with van der Waals surface area (Å²) in [6, 6.07) is 8.31. The first-order valence-corrected chi connectivity index (χ1v) is 6.92. The molecule has 86 valence electrons. The fourth-order valence-corrected chi connectivity index (χ4v) is 2.53. The predicted molar refractivity (Wildman–Crippen MR) is 69.2 cm³/mol. The molecule has 0 aromatic heterocycles. The van der Waals surface area contributed by atoms with E-state index in [2.05, 4.69) is 22.6 Å². The molecule has 0 radical (unpaired) electrons. The van der Waals surface area contributed by atoms with E-state index < -0.39 is 11.4 Å². The summed E-state index contributed by atoms with van der Waals surface area (Å²) in [5.74, 6) is 0. The Morgan fingerprint density at radius 1 is 1.25 bits per heavy atom. The van der Waals surface area contributed by atoms with E-state index in [1.807, 2.05) is 19.9 Å². The average Bonchev–Trinajstić information content (AvgIpc) is 2.29. The summed E-state index contributed by atoms with van der Waals surface area (Å²) in [5, 5.41) is 0.0987. The van der Waals surface area contributed by atoms with Crippen molar-refractivity contribution in [2.75, 3.05) is 0 Å². The van der Waals surface area contributed by atoms with E-state index in [1.54, 1.807) is 0 Å². The Balaban J connectivity index is 2.31. The SMILES string of the molecule is CC(C)[S+]([O-])/N=C1\CCCc2ccccc21. The van der Waals surface area contributed by atoms with Gasteiger partial charge in [0.05, 0.1) is 17.1 Å². The summed E-state index contributed by atoms with van der Waals surface area (Å²) < 4.78 is 16.1. The Morgan fingerprint density at radius 3 is 2.75 bits per heavy atom. The van der Waals surface area contributed by atoms with Gasteiger partial charge < -0.3 is 4.55 Å². The van der Waals surface area contributed by atoms with Crippen LogP contribution in [0.5, 0.6) is 0 Å². The number of rotatable bonds is 2. The molecule has 0 heterocycles. The first-order chi connectivity index (χ1) is 7.68. The van der Waals surface area contributed by atoms with Gasteiger partial charge in [0.15, 0.2) is 0 Å². The topological polar surface area (TPSA) is 35.4 Å². The van der Waals surface area contributed by atoms with Gasteiger partial charge in [0.25, 0.3) is 0 Å². The van der Waals surface area contributed by atoms with Gasteiger partial charge in [0, 0.05) is 5.56 Å². The normalized spacial score (nSPS) is 19.9. The lowest BCUT2D eigenvalue weighted by Crippen LogP contribution is -2.17. The molecule has 0 amide bonds. The number of fused-ring (bicyclic) bond motifs is 1. The van der Waals surface area contributed by atoms with Gasteiger partial charge in [-0.15, -0.1) is 0 Å². The molecule has 0 saturated carbocycles. The smallest absolute Gasteiger partial charge is 0.137 e. The van der Waals surface area contributed by atoms with Gasteiger partial charge in [-0.25, -0.2) is 0 Å². The Kier molecular flexibility index (Phi) is 3.66. The van der Waals surface area contributed by atoms with Crippen LogP contribution in [0.4, 0.5) is 0 Å². The van der Waals surface area contributed by atoms with E-state index in [4.69, 9.17) is 0 Å². The maximum absolute atomic E-state index is 11.7. The minimum Gasteiger partial charge on any atom is -0.591 e. The number of hydrogen-bond donors (Lipinski definition) is 0. The Labute approximate surface area is 100 Å². The summed E-state index contributed by atoms with van der Waals surface area (Å²) in [6.07, 6.45) is 3.18. The number of nitrogens with zero attached hydrogens (tertiary/aromatic N) is 1. The third-order valence-electron chi connectivity index (χ3n) is 2.79. The van der Waals surface area contributed by atoms with Crippen LogP contribution in [0.3, 0.4) is 0 Å². The van der Waals surface area contributed by atoms with Crippen LogP contribution in [-0.4, -0.2) is 15.5 Å². The quantitative estimate of drug-likeness (QED) is 0.726. The second-order valence-corrected chi connectivity index (χ2v) is 6.05. The van der Waals surface area contributed by atoms with Gasteiger partial charge in [0.1, 0.15) is 5.25 Å². The van der Waals surface area contributed by atoms with Crippen molar-refractivity contribution in [2.45, 2.75) is 38.4 Å². The van der Waals surface area contributed by atoms with Crippen LogP contribution < -0.4 is 0 Å². The van der Waals surface area contributed by atoms with Crippen LogP contribution in [0.15, 0.2) is 28.7 Å². The first kappa shape index (κ1) is 11.7. The van der Waals surface area contributed by atoms with Gasteiger partial charge in [0.2, 0.25) is 0 Å². The summed E-state index contributed by atoms with van der Waals surface area (Å²) in [5.41, 5.74) is 3.56. The maximum atomic E-state index is 11.7. The standard InChI is InChI=1S/C13H17NOS/c1-10(2)16(15)14-13-9-5-7-11-6-3-4-8-12(11)13/h3-4,6,8,10H,5,7,9H2,1-2H3/b14-13+.